The highest BCUT2D eigenvalue weighted by Crippen LogP contribution is 2.12. The van der Waals surface area contributed by atoms with Crippen molar-refractivity contribution in [3.05, 3.63) is 17.0 Å². The summed E-state index contributed by atoms with van der Waals surface area (Å²) in [6.07, 6.45) is 0. The SMILES string of the molecule is Cc1nc(Cl)cc(NC2CNC2)n1. The third-order valence-electron chi connectivity index (χ3n) is 1.94. The predicted octanol–water partition coefficient (Wildman–Crippen LogP) is 0.822. The molecule has 4 nitrogen and oxygen atoms in total. The lowest BCUT2D eigenvalue weighted by Gasteiger charge is -2.28. The highest BCUT2D eigenvalue weighted by molar-refractivity contribution is 6.29. The van der Waals surface area contributed by atoms with Crippen molar-refractivity contribution in [2.75, 3.05) is 18.4 Å². The molecule has 0 saturated carbocycles. The van der Waals surface area contributed by atoms with Crippen LogP contribution in [0.3, 0.4) is 0 Å². The van der Waals surface area contributed by atoms with Crippen LogP contribution >= 0.6 is 11.6 Å². The molecule has 2 heterocycles. The molecule has 1 aliphatic heterocycles. The molecule has 0 amide bonds. The number of rotatable bonds is 2. The summed E-state index contributed by atoms with van der Waals surface area (Å²) in [5.41, 5.74) is 0. The maximum atomic E-state index is 5.79. The zero-order valence-electron chi connectivity index (χ0n) is 7.34. The second kappa shape index (κ2) is 3.47. The van der Waals surface area contributed by atoms with Crippen LogP contribution in [0.25, 0.3) is 0 Å². The van der Waals surface area contributed by atoms with Crippen molar-refractivity contribution in [2.45, 2.75) is 13.0 Å². The normalized spacial score (nSPS) is 16.8. The molecule has 2 rings (SSSR count). The first kappa shape index (κ1) is 8.72. The number of hydrogen-bond acceptors (Lipinski definition) is 4. The van der Waals surface area contributed by atoms with Crippen LogP contribution in [0.2, 0.25) is 5.15 Å². The van der Waals surface area contributed by atoms with E-state index in [2.05, 4.69) is 20.6 Å². The van der Waals surface area contributed by atoms with Crippen molar-refractivity contribution in [1.29, 1.82) is 0 Å². The highest BCUT2D eigenvalue weighted by atomic mass is 35.5. The van der Waals surface area contributed by atoms with Crippen LogP contribution in [0.15, 0.2) is 6.07 Å². The minimum Gasteiger partial charge on any atom is -0.365 e. The molecule has 0 radical (unpaired) electrons. The molecule has 2 N–H and O–H groups in total. The monoisotopic (exact) mass is 198 g/mol. The van der Waals surface area contributed by atoms with Crippen LogP contribution in [-0.4, -0.2) is 29.1 Å². The van der Waals surface area contributed by atoms with Gasteiger partial charge in [-0.25, -0.2) is 9.97 Å². The lowest BCUT2D eigenvalue weighted by atomic mass is 10.2. The molecule has 0 bridgehead atoms. The third kappa shape index (κ3) is 2.08. The molecule has 0 aliphatic carbocycles. The van der Waals surface area contributed by atoms with E-state index in [1.54, 1.807) is 6.07 Å². The molecule has 5 heteroatoms. The van der Waals surface area contributed by atoms with Gasteiger partial charge in [-0.15, -0.1) is 0 Å². The first-order valence-corrected chi connectivity index (χ1v) is 4.60. The summed E-state index contributed by atoms with van der Waals surface area (Å²) < 4.78 is 0. The summed E-state index contributed by atoms with van der Waals surface area (Å²) >= 11 is 5.79. The van der Waals surface area contributed by atoms with Crippen molar-refractivity contribution < 1.29 is 0 Å². The van der Waals surface area contributed by atoms with Gasteiger partial charge in [0.15, 0.2) is 0 Å². The topological polar surface area (TPSA) is 49.8 Å². The maximum absolute atomic E-state index is 5.79. The third-order valence-corrected chi connectivity index (χ3v) is 2.13. The van der Waals surface area contributed by atoms with Gasteiger partial charge in [-0.3, -0.25) is 0 Å². The molecule has 1 aromatic heterocycles. The Labute approximate surface area is 81.7 Å². The predicted molar refractivity (Wildman–Crippen MR) is 52.1 cm³/mol. The molecule has 1 fully saturated rings. The number of hydrogen-bond donors (Lipinski definition) is 2. The largest absolute Gasteiger partial charge is 0.365 e. The van der Waals surface area contributed by atoms with Gasteiger partial charge in [0.25, 0.3) is 0 Å². The van der Waals surface area contributed by atoms with Gasteiger partial charge in [0.1, 0.15) is 16.8 Å². The minimum atomic E-state index is 0.477. The Morgan fingerprint density at radius 1 is 1.54 bits per heavy atom. The maximum Gasteiger partial charge on any atom is 0.134 e. The van der Waals surface area contributed by atoms with Crippen LogP contribution < -0.4 is 10.6 Å². The Bertz CT molecular complexity index is 291. The quantitative estimate of drug-likeness (QED) is 0.691. The van der Waals surface area contributed by atoms with Crippen molar-refractivity contribution in [3.63, 3.8) is 0 Å². The van der Waals surface area contributed by atoms with Gasteiger partial charge in [0, 0.05) is 19.2 Å². The van der Waals surface area contributed by atoms with Gasteiger partial charge in [0.2, 0.25) is 0 Å². The fourth-order valence-electron chi connectivity index (χ4n) is 1.21. The Hall–Kier alpha value is -0.870. The van der Waals surface area contributed by atoms with E-state index in [0.717, 1.165) is 18.9 Å². The Balaban J connectivity index is 2.10. The summed E-state index contributed by atoms with van der Waals surface area (Å²) in [5, 5.41) is 6.92. The van der Waals surface area contributed by atoms with Gasteiger partial charge >= 0.3 is 0 Å². The van der Waals surface area contributed by atoms with Gasteiger partial charge in [-0.1, -0.05) is 11.6 Å². The molecule has 1 saturated heterocycles. The zero-order valence-corrected chi connectivity index (χ0v) is 8.10. The fourth-order valence-corrected chi connectivity index (χ4v) is 1.43. The fraction of sp³-hybridized carbons (Fsp3) is 0.500. The Morgan fingerprint density at radius 2 is 2.31 bits per heavy atom. The zero-order chi connectivity index (χ0) is 9.26. The van der Waals surface area contributed by atoms with Crippen molar-refractivity contribution in [3.8, 4) is 0 Å². The van der Waals surface area contributed by atoms with Crippen molar-refractivity contribution >= 4 is 17.4 Å². The van der Waals surface area contributed by atoms with E-state index in [-0.39, 0.29) is 0 Å². The van der Waals surface area contributed by atoms with Crippen LogP contribution in [0.1, 0.15) is 5.82 Å². The van der Waals surface area contributed by atoms with E-state index in [1.165, 1.54) is 0 Å². The van der Waals surface area contributed by atoms with Gasteiger partial charge in [-0.2, -0.15) is 0 Å². The molecular weight excluding hydrogens is 188 g/mol. The van der Waals surface area contributed by atoms with Crippen LogP contribution in [-0.2, 0) is 0 Å². The summed E-state index contributed by atoms with van der Waals surface area (Å²) in [7, 11) is 0. The number of aryl methyl sites for hydroxylation is 1. The standard InChI is InChI=1S/C8H11ClN4/c1-5-11-7(9)2-8(12-5)13-6-3-10-4-6/h2,6,10H,3-4H2,1H3,(H,11,12,13). The Kier molecular flexibility index (Phi) is 2.33. The number of halogens is 1. The molecule has 0 atom stereocenters. The van der Waals surface area contributed by atoms with Crippen LogP contribution in [0, 0.1) is 6.92 Å². The Morgan fingerprint density at radius 3 is 2.85 bits per heavy atom. The number of aromatic nitrogens is 2. The van der Waals surface area contributed by atoms with Gasteiger partial charge in [0.05, 0.1) is 6.04 Å². The smallest absolute Gasteiger partial charge is 0.134 e. The summed E-state index contributed by atoms with van der Waals surface area (Å²) in [4.78, 5) is 8.21. The molecule has 0 spiro atoms. The first-order chi connectivity index (χ1) is 6.24. The summed E-state index contributed by atoms with van der Waals surface area (Å²) in [6, 6.07) is 2.22. The molecule has 70 valence electrons. The molecule has 1 aliphatic rings. The average Bonchev–Trinajstić information content (AvgIpc) is 1.95. The van der Waals surface area contributed by atoms with Gasteiger partial charge in [-0.05, 0) is 6.92 Å². The van der Waals surface area contributed by atoms with Crippen molar-refractivity contribution in [2.24, 2.45) is 0 Å². The summed E-state index contributed by atoms with van der Waals surface area (Å²) in [6.45, 7) is 3.80. The lowest BCUT2D eigenvalue weighted by molar-refractivity contribution is 0.471. The van der Waals surface area contributed by atoms with E-state index in [4.69, 9.17) is 11.6 Å². The average molecular weight is 199 g/mol. The molecule has 0 aromatic carbocycles. The highest BCUT2D eigenvalue weighted by Gasteiger charge is 2.16. The van der Waals surface area contributed by atoms with Gasteiger partial charge < -0.3 is 10.6 Å². The molecule has 1 aromatic rings. The van der Waals surface area contributed by atoms with E-state index in [0.29, 0.717) is 17.0 Å². The minimum absolute atomic E-state index is 0.477. The molecule has 13 heavy (non-hydrogen) atoms. The summed E-state index contributed by atoms with van der Waals surface area (Å²) in [5.74, 6) is 1.51. The second-order valence-corrected chi connectivity index (χ2v) is 3.51. The number of nitrogens with zero attached hydrogens (tertiary/aromatic N) is 2. The van der Waals surface area contributed by atoms with Crippen molar-refractivity contribution in [1.82, 2.24) is 15.3 Å². The lowest BCUT2D eigenvalue weighted by Crippen LogP contribution is -2.51. The van der Waals surface area contributed by atoms with Crippen LogP contribution in [0.5, 0.6) is 0 Å². The van der Waals surface area contributed by atoms with Crippen LogP contribution in [0.4, 0.5) is 5.82 Å². The van der Waals surface area contributed by atoms with E-state index >= 15 is 0 Å². The molecule has 0 unspecified atom stereocenters. The second-order valence-electron chi connectivity index (χ2n) is 3.12. The number of nitrogens with one attached hydrogen (secondary N) is 2. The van der Waals surface area contributed by atoms with E-state index < -0.39 is 0 Å². The number of anilines is 1. The molecular formula is C8H11ClN4. The van der Waals surface area contributed by atoms with E-state index in [9.17, 15) is 0 Å². The van der Waals surface area contributed by atoms with E-state index in [1.807, 2.05) is 6.92 Å². The first-order valence-electron chi connectivity index (χ1n) is 4.22.